The number of hydrogen-bond acceptors (Lipinski definition) is 2. The van der Waals surface area contributed by atoms with Crippen LogP contribution in [0.5, 0.6) is 0 Å². The van der Waals surface area contributed by atoms with Crippen LogP contribution in [0.15, 0.2) is 48.5 Å². The van der Waals surface area contributed by atoms with E-state index >= 15 is 0 Å². The van der Waals surface area contributed by atoms with Crippen LogP contribution in [0, 0.1) is 19.8 Å². The van der Waals surface area contributed by atoms with E-state index in [1.165, 1.54) is 22.3 Å². The van der Waals surface area contributed by atoms with Crippen LogP contribution in [0.3, 0.4) is 0 Å². The van der Waals surface area contributed by atoms with E-state index in [0.29, 0.717) is 5.92 Å². The molecule has 0 spiro atoms. The summed E-state index contributed by atoms with van der Waals surface area (Å²) < 4.78 is 6.48. The van der Waals surface area contributed by atoms with Gasteiger partial charge < -0.3 is 9.64 Å². The van der Waals surface area contributed by atoms with Gasteiger partial charge in [0.1, 0.15) is 5.60 Å². The van der Waals surface area contributed by atoms with Gasteiger partial charge in [-0.3, -0.25) is 0 Å². The molecule has 1 unspecified atom stereocenters. The molecular formula is C21H27NO. The lowest BCUT2D eigenvalue weighted by Crippen LogP contribution is -2.39. The molecule has 122 valence electrons. The zero-order chi connectivity index (χ0) is 16.4. The van der Waals surface area contributed by atoms with Crippen LogP contribution < -0.4 is 0 Å². The highest BCUT2D eigenvalue weighted by Gasteiger charge is 2.47. The summed E-state index contributed by atoms with van der Waals surface area (Å²) in [5.41, 5.74) is 4.80. The Balaban J connectivity index is 2.12. The average Bonchev–Trinajstić information content (AvgIpc) is 2.92. The Morgan fingerprint density at radius 2 is 1.39 bits per heavy atom. The number of aryl methyl sites for hydroxylation is 2. The fraction of sp³-hybridized carbons (Fsp3) is 0.429. The molecule has 1 aliphatic heterocycles. The van der Waals surface area contributed by atoms with Gasteiger partial charge in [-0.2, -0.15) is 0 Å². The van der Waals surface area contributed by atoms with E-state index in [4.69, 9.17) is 4.74 Å². The first-order valence-corrected chi connectivity index (χ1v) is 8.45. The molecular weight excluding hydrogens is 282 g/mol. The van der Waals surface area contributed by atoms with E-state index in [2.05, 4.69) is 81.4 Å². The third-order valence-electron chi connectivity index (χ3n) is 4.92. The standard InChI is InChI=1S/C21H27NO/c1-16-5-9-18(10-6-16)21(19-11-7-17(2)8-12-19)20(13-14-23-21)15-22(3)4/h5-12,20H,13-15H2,1-4H3. The number of nitrogens with zero attached hydrogens (tertiary/aromatic N) is 1. The second-order valence-electron chi connectivity index (χ2n) is 7.06. The topological polar surface area (TPSA) is 12.5 Å². The van der Waals surface area contributed by atoms with Crippen molar-refractivity contribution in [3.63, 3.8) is 0 Å². The quantitative estimate of drug-likeness (QED) is 0.841. The Morgan fingerprint density at radius 3 is 1.83 bits per heavy atom. The summed E-state index contributed by atoms with van der Waals surface area (Å²) in [7, 11) is 4.29. The smallest absolute Gasteiger partial charge is 0.122 e. The van der Waals surface area contributed by atoms with Crippen molar-refractivity contribution in [2.75, 3.05) is 27.2 Å². The first-order chi connectivity index (χ1) is 11.0. The van der Waals surface area contributed by atoms with Gasteiger partial charge in [-0.1, -0.05) is 59.7 Å². The van der Waals surface area contributed by atoms with E-state index in [1.807, 2.05) is 0 Å². The van der Waals surface area contributed by atoms with Crippen molar-refractivity contribution in [1.29, 1.82) is 0 Å². The molecule has 0 aliphatic carbocycles. The molecule has 1 heterocycles. The summed E-state index contributed by atoms with van der Waals surface area (Å²) >= 11 is 0. The van der Waals surface area contributed by atoms with Crippen LogP contribution in [0.2, 0.25) is 0 Å². The molecule has 0 amide bonds. The lowest BCUT2D eigenvalue weighted by molar-refractivity contribution is 0.00436. The molecule has 1 saturated heterocycles. The van der Waals surface area contributed by atoms with E-state index in [-0.39, 0.29) is 5.60 Å². The zero-order valence-electron chi connectivity index (χ0n) is 14.7. The van der Waals surface area contributed by atoms with Crippen molar-refractivity contribution < 1.29 is 4.74 Å². The highest BCUT2D eigenvalue weighted by atomic mass is 16.5. The third-order valence-corrected chi connectivity index (χ3v) is 4.92. The highest BCUT2D eigenvalue weighted by molar-refractivity contribution is 5.40. The van der Waals surface area contributed by atoms with Crippen LogP contribution in [0.25, 0.3) is 0 Å². The van der Waals surface area contributed by atoms with Crippen molar-refractivity contribution in [2.45, 2.75) is 25.9 Å². The fourth-order valence-electron chi connectivity index (χ4n) is 3.75. The number of ether oxygens (including phenoxy) is 1. The van der Waals surface area contributed by atoms with Crippen LogP contribution in [-0.4, -0.2) is 32.1 Å². The second kappa shape index (κ2) is 6.46. The Morgan fingerprint density at radius 1 is 0.913 bits per heavy atom. The van der Waals surface area contributed by atoms with Crippen LogP contribution >= 0.6 is 0 Å². The van der Waals surface area contributed by atoms with Crippen molar-refractivity contribution in [1.82, 2.24) is 4.90 Å². The molecule has 0 aromatic heterocycles. The van der Waals surface area contributed by atoms with E-state index < -0.39 is 0 Å². The molecule has 0 N–H and O–H groups in total. The molecule has 1 aliphatic rings. The van der Waals surface area contributed by atoms with E-state index in [0.717, 1.165) is 19.6 Å². The van der Waals surface area contributed by atoms with Gasteiger partial charge in [0, 0.05) is 19.1 Å². The normalized spacial score (nSPS) is 20.1. The maximum Gasteiger partial charge on any atom is 0.122 e. The Kier molecular flexibility index (Phi) is 4.56. The summed E-state index contributed by atoms with van der Waals surface area (Å²) in [6, 6.07) is 17.7. The number of hydrogen-bond donors (Lipinski definition) is 0. The lowest BCUT2D eigenvalue weighted by Gasteiger charge is -2.37. The monoisotopic (exact) mass is 309 g/mol. The molecule has 2 aromatic rings. The largest absolute Gasteiger partial charge is 0.365 e. The summed E-state index contributed by atoms with van der Waals surface area (Å²) in [5.74, 6) is 0.461. The SMILES string of the molecule is Cc1ccc(C2(c3ccc(C)cc3)OCCC2CN(C)C)cc1. The Labute approximate surface area is 140 Å². The molecule has 0 radical (unpaired) electrons. The van der Waals surface area contributed by atoms with Crippen molar-refractivity contribution in [3.8, 4) is 0 Å². The van der Waals surface area contributed by atoms with Crippen LogP contribution in [0.1, 0.15) is 28.7 Å². The minimum absolute atomic E-state index is 0.328. The summed E-state index contributed by atoms with van der Waals surface area (Å²) in [5, 5.41) is 0. The van der Waals surface area contributed by atoms with Crippen molar-refractivity contribution >= 4 is 0 Å². The van der Waals surface area contributed by atoms with Gasteiger partial charge in [0.2, 0.25) is 0 Å². The summed E-state index contributed by atoms with van der Waals surface area (Å²) in [6.45, 7) is 6.12. The molecule has 1 atom stereocenters. The molecule has 3 rings (SSSR count). The summed E-state index contributed by atoms with van der Waals surface area (Å²) in [4.78, 5) is 2.27. The average molecular weight is 309 g/mol. The van der Waals surface area contributed by atoms with Gasteiger partial charge >= 0.3 is 0 Å². The van der Waals surface area contributed by atoms with E-state index in [1.54, 1.807) is 0 Å². The minimum atomic E-state index is -0.328. The van der Waals surface area contributed by atoms with Gasteiger partial charge in [0.15, 0.2) is 0 Å². The molecule has 2 aromatic carbocycles. The Bertz CT molecular complexity index is 597. The lowest BCUT2D eigenvalue weighted by atomic mass is 9.75. The van der Waals surface area contributed by atoms with Crippen LogP contribution in [0.4, 0.5) is 0 Å². The van der Waals surface area contributed by atoms with Gasteiger partial charge in [-0.15, -0.1) is 0 Å². The summed E-state index contributed by atoms with van der Waals surface area (Å²) in [6.07, 6.45) is 1.10. The van der Waals surface area contributed by atoms with Gasteiger partial charge in [0.05, 0.1) is 0 Å². The maximum atomic E-state index is 6.48. The van der Waals surface area contributed by atoms with Crippen molar-refractivity contribution in [2.24, 2.45) is 5.92 Å². The molecule has 2 heteroatoms. The minimum Gasteiger partial charge on any atom is -0.365 e. The highest BCUT2D eigenvalue weighted by Crippen LogP contribution is 2.46. The predicted molar refractivity (Wildman–Crippen MR) is 95.8 cm³/mol. The molecule has 23 heavy (non-hydrogen) atoms. The second-order valence-corrected chi connectivity index (χ2v) is 7.06. The molecule has 2 nitrogen and oxygen atoms in total. The first-order valence-electron chi connectivity index (χ1n) is 8.45. The molecule has 0 saturated carbocycles. The van der Waals surface area contributed by atoms with Crippen LogP contribution in [-0.2, 0) is 10.3 Å². The molecule has 1 fully saturated rings. The fourth-order valence-corrected chi connectivity index (χ4v) is 3.75. The number of rotatable bonds is 4. The number of benzene rings is 2. The van der Waals surface area contributed by atoms with Gasteiger partial charge in [-0.25, -0.2) is 0 Å². The maximum absolute atomic E-state index is 6.48. The predicted octanol–water partition coefficient (Wildman–Crippen LogP) is 4.15. The Hall–Kier alpha value is -1.64. The van der Waals surface area contributed by atoms with Gasteiger partial charge in [0.25, 0.3) is 0 Å². The third kappa shape index (κ3) is 3.06. The van der Waals surface area contributed by atoms with E-state index in [9.17, 15) is 0 Å². The zero-order valence-corrected chi connectivity index (χ0v) is 14.7. The molecule has 0 bridgehead atoms. The van der Waals surface area contributed by atoms with Crippen molar-refractivity contribution in [3.05, 3.63) is 70.8 Å². The van der Waals surface area contributed by atoms with Gasteiger partial charge in [-0.05, 0) is 45.5 Å². The first kappa shape index (κ1) is 16.2.